The van der Waals surface area contributed by atoms with E-state index in [0.29, 0.717) is 6.42 Å². The van der Waals surface area contributed by atoms with Crippen molar-refractivity contribution in [3.05, 3.63) is 0 Å². The molecule has 0 bridgehead atoms. The first-order valence-corrected chi connectivity index (χ1v) is 3.09. The van der Waals surface area contributed by atoms with Gasteiger partial charge in [0.1, 0.15) is 0 Å². The SMILES string of the molecule is CCCCCC(O)F. The number of rotatable bonds is 4. The Morgan fingerprint density at radius 3 is 2.50 bits per heavy atom. The fourth-order valence-electron chi connectivity index (χ4n) is 0.563. The first kappa shape index (κ1) is 7.89. The Balaban J connectivity index is 2.72. The van der Waals surface area contributed by atoms with Gasteiger partial charge in [0, 0.05) is 6.42 Å². The summed E-state index contributed by atoms with van der Waals surface area (Å²) in [4.78, 5) is 0. The predicted octanol–water partition coefficient (Wildman–Crippen LogP) is 1.85. The van der Waals surface area contributed by atoms with Gasteiger partial charge in [0.25, 0.3) is 0 Å². The summed E-state index contributed by atoms with van der Waals surface area (Å²) in [5, 5.41) is 8.11. The Labute approximate surface area is 49.5 Å². The molecule has 2 heteroatoms. The third-order valence-electron chi connectivity index (χ3n) is 1.05. The lowest BCUT2D eigenvalue weighted by molar-refractivity contribution is 0.0324. The molecule has 0 aliphatic rings. The zero-order chi connectivity index (χ0) is 6.41. The number of aliphatic hydroxyl groups is 1. The van der Waals surface area contributed by atoms with E-state index in [-0.39, 0.29) is 0 Å². The molecule has 0 aliphatic carbocycles. The Morgan fingerprint density at radius 2 is 2.12 bits per heavy atom. The third-order valence-corrected chi connectivity index (χ3v) is 1.05. The van der Waals surface area contributed by atoms with Crippen LogP contribution in [0.1, 0.15) is 32.6 Å². The van der Waals surface area contributed by atoms with Crippen molar-refractivity contribution in [2.75, 3.05) is 0 Å². The number of hydrogen-bond donors (Lipinski definition) is 1. The third kappa shape index (κ3) is 5.89. The van der Waals surface area contributed by atoms with Crippen LogP contribution < -0.4 is 0 Å². The Morgan fingerprint density at radius 1 is 1.50 bits per heavy atom. The average molecular weight is 120 g/mol. The molecule has 0 aromatic carbocycles. The van der Waals surface area contributed by atoms with Crippen molar-refractivity contribution in [1.82, 2.24) is 0 Å². The van der Waals surface area contributed by atoms with E-state index in [1.54, 1.807) is 0 Å². The quantitative estimate of drug-likeness (QED) is 0.561. The topological polar surface area (TPSA) is 20.2 Å². The van der Waals surface area contributed by atoms with Gasteiger partial charge in [0.15, 0.2) is 6.36 Å². The van der Waals surface area contributed by atoms with Crippen LogP contribution in [0, 0.1) is 0 Å². The average Bonchev–Trinajstić information content (AvgIpc) is 1.66. The highest BCUT2D eigenvalue weighted by molar-refractivity contribution is 4.40. The van der Waals surface area contributed by atoms with Gasteiger partial charge in [0.05, 0.1) is 0 Å². The van der Waals surface area contributed by atoms with Crippen molar-refractivity contribution in [1.29, 1.82) is 0 Å². The van der Waals surface area contributed by atoms with Crippen LogP contribution in [0.15, 0.2) is 0 Å². The minimum Gasteiger partial charge on any atom is -0.364 e. The van der Waals surface area contributed by atoms with Crippen molar-refractivity contribution >= 4 is 0 Å². The molecule has 0 radical (unpaired) electrons. The standard InChI is InChI=1S/C6H13FO/c1-2-3-4-5-6(7)8/h6,8H,2-5H2,1H3. The van der Waals surface area contributed by atoms with Gasteiger partial charge < -0.3 is 5.11 Å². The fraction of sp³-hybridized carbons (Fsp3) is 1.00. The van der Waals surface area contributed by atoms with Crippen molar-refractivity contribution in [3.8, 4) is 0 Å². The van der Waals surface area contributed by atoms with Gasteiger partial charge in [-0.05, 0) is 6.42 Å². The Kier molecular flexibility index (Phi) is 4.97. The van der Waals surface area contributed by atoms with E-state index in [0.717, 1.165) is 19.3 Å². The highest BCUT2D eigenvalue weighted by Gasteiger charge is 1.96. The maximum absolute atomic E-state index is 11.6. The van der Waals surface area contributed by atoms with Crippen molar-refractivity contribution < 1.29 is 9.50 Å². The molecule has 0 aromatic rings. The van der Waals surface area contributed by atoms with Crippen LogP contribution in [-0.2, 0) is 0 Å². The summed E-state index contributed by atoms with van der Waals surface area (Å²) in [6.45, 7) is 2.05. The summed E-state index contributed by atoms with van der Waals surface area (Å²) < 4.78 is 11.6. The van der Waals surface area contributed by atoms with E-state index in [2.05, 4.69) is 0 Å². The van der Waals surface area contributed by atoms with Crippen LogP contribution in [0.3, 0.4) is 0 Å². The van der Waals surface area contributed by atoms with Gasteiger partial charge in [0.2, 0.25) is 0 Å². The maximum Gasteiger partial charge on any atom is 0.196 e. The zero-order valence-electron chi connectivity index (χ0n) is 5.23. The first-order chi connectivity index (χ1) is 3.77. The Hall–Kier alpha value is -0.110. The van der Waals surface area contributed by atoms with Gasteiger partial charge in [-0.1, -0.05) is 19.8 Å². The van der Waals surface area contributed by atoms with Gasteiger partial charge in [-0.25, -0.2) is 4.39 Å². The normalized spacial score (nSPS) is 13.9. The second-order valence-corrected chi connectivity index (χ2v) is 1.93. The Bertz CT molecular complexity index is 45.8. The van der Waals surface area contributed by atoms with E-state index >= 15 is 0 Å². The van der Waals surface area contributed by atoms with Crippen LogP contribution in [0.5, 0.6) is 0 Å². The number of alkyl halides is 1. The molecule has 0 fully saturated rings. The monoisotopic (exact) mass is 120 g/mol. The van der Waals surface area contributed by atoms with Crippen molar-refractivity contribution in [3.63, 3.8) is 0 Å². The largest absolute Gasteiger partial charge is 0.364 e. The van der Waals surface area contributed by atoms with Crippen LogP contribution >= 0.6 is 0 Å². The molecule has 1 atom stereocenters. The summed E-state index contributed by atoms with van der Waals surface area (Å²) in [6, 6.07) is 0. The number of unbranched alkanes of at least 4 members (excludes halogenated alkanes) is 2. The van der Waals surface area contributed by atoms with Crippen LogP contribution in [0.25, 0.3) is 0 Å². The molecule has 0 spiro atoms. The second-order valence-electron chi connectivity index (χ2n) is 1.93. The lowest BCUT2D eigenvalue weighted by atomic mass is 10.2. The van der Waals surface area contributed by atoms with Gasteiger partial charge in [-0.15, -0.1) is 0 Å². The number of halogens is 1. The second kappa shape index (κ2) is 5.04. The van der Waals surface area contributed by atoms with Gasteiger partial charge in [-0.2, -0.15) is 0 Å². The molecular formula is C6H13FO. The highest BCUT2D eigenvalue weighted by atomic mass is 19.1. The number of aliphatic hydroxyl groups excluding tert-OH is 1. The van der Waals surface area contributed by atoms with Gasteiger partial charge >= 0.3 is 0 Å². The van der Waals surface area contributed by atoms with E-state index in [1.807, 2.05) is 6.92 Å². The summed E-state index contributed by atoms with van der Waals surface area (Å²) in [5.41, 5.74) is 0. The van der Waals surface area contributed by atoms with Crippen LogP contribution in [0.4, 0.5) is 4.39 Å². The molecule has 8 heavy (non-hydrogen) atoms. The molecule has 0 heterocycles. The molecule has 50 valence electrons. The lowest BCUT2D eigenvalue weighted by Crippen LogP contribution is -1.95. The summed E-state index contributed by atoms with van der Waals surface area (Å²) in [6.07, 6.45) is 1.59. The van der Waals surface area contributed by atoms with E-state index in [4.69, 9.17) is 5.11 Å². The minimum absolute atomic E-state index is 0.299. The molecule has 1 nitrogen and oxygen atoms in total. The molecule has 0 amide bonds. The van der Waals surface area contributed by atoms with E-state index in [1.165, 1.54) is 0 Å². The molecule has 0 saturated heterocycles. The summed E-state index contributed by atoms with van der Waals surface area (Å²) in [7, 11) is 0. The fourth-order valence-corrected chi connectivity index (χ4v) is 0.563. The zero-order valence-corrected chi connectivity index (χ0v) is 5.23. The van der Waals surface area contributed by atoms with E-state index in [9.17, 15) is 4.39 Å². The molecule has 0 saturated carbocycles. The molecule has 1 unspecified atom stereocenters. The van der Waals surface area contributed by atoms with Gasteiger partial charge in [-0.3, -0.25) is 0 Å². The summed E-state index contributed by atoms with van der Waals surface area (Å²) in [5.74, 6) is 0. The van der Waals surface area contributed by atoms with Crippen LogP contribution in [-0.4, -0.2) is 11.5 Å². The maximum atomic E-state index is 11.6. The lowest BCUT2D eigenvalue weighted by Gasteiger charge is -1.96. The smallest absolute Gasteiger partial charge is 0.196 e. The van der Waals surface area contributed by atoms with Crippen molar-refractivity contribution in [2.24, 2.45) is 0 Å². The number of hydrogen-bond acceptors (Lipinski definition) is 1. The molecule has 1 N–H and O–H groups in total. The highest BCUT2D eigenvalue weighted by Crippen LogP contribution is 2.02. The predicted molar refractivity (Wildman–Crippen MR) is 31.3 cm³/mol. The minimum atomic E-state index is -1.60. The molecular weight excluding hydrogens is 107 g/mol. The first-order valence-electron chi connectivity index (χ1n) is 3.09. The van der Waals surface area contributed by atoms with E-state index < -0.39 is 6.36 Å². The van der Waals surface area contributed by atoms with Crippen LogP contribution in [0.2, 0.25) is 0 Å². The molecule has 0 aromatic heterocycles. The molecule has 0 aliphatic heterocycles. The summed E-state index contributed by atoms with van der Waals surface area (Å²) >= 11 is 0. The van der Waals surface area contributed by atoms with Crippen molar-refractivity contribution in [2.45, 2.75) is 39.0 Å². The molecule has 0 rings (SSSR count).